The molecule has 0 aliphatic carbocycles. The fourth-order valence-electron chi connectivity index (χ4n) is 3.59. The minimum absolute atomic E-state index is 0.760. The zero-order valence-electron chi connectivity index (χ0n) is 16.5. The summed E-state index contributed by atoms with van der Waals surface area (Å²) >= 11 is 7.65. The highest BCUT2D eigenvalue weighted by Gasteiger charge is 2.22. The van der Waals surface area contributed by atoms with Crippen molar-refractivity contribution in [3.8, 4) is 0 Å². The van der Waals surface area contributed by atoms with Crippen molar-refractivity contribution in [2.24, 2.45) is 7.05 Å². The first-order valence-corrected chi connectivity index (χ1v) is 10.7. The normalized spacial score (nSPS) is 15.4. The summed E-state index contributed by atoms with van der Waals surface area (Å²) in [6, 6.07) is 7.93. The van der Waals surface area contributed by atoms with Gasteiger partial charge in [0.25, 0.3) is 0 Å². The number of benzene rings is 1. The van der Waals surface area contributed by atoms with E-state index in [4.69, 9.17) is 11.6 Å². The average molecular weight is 417 g/mol. The summed E-state index contributed by atoms with van der Waals surface area (Å²) in [6.45, 7) is 9.23. The maximum atomic E-state index is 5.96. The van der Waals surface area contributed by atoms with E-state index in [2.05, 4.69) is 38.9 Å². The maximum absolute atomic E-state index is 5.96. The molecule has 0 amide bonds. The molecule has 6 nitrogen and oxygen atoms in total. The Balaban J connectivity index is 1.34. The summed E-state index contributed by atoms with van der Waals surface area (Å²) in [7, 11) is 2.01. The van der Waals surface area contributed by atoms with Crippen LogP contribution in [0.25, 0.3) is 0 Å². The van der Waals surface area contributed by atoms with Crippen LogP contribution in [0.15, 0.2) is 24.3 Å². The third kappa shape index (κ3) is 4.21. The molecule has 28 heavy (non-hydrogen) atoms. The molecule has 148 valence electrons. The summed E-state index contributed by atoms with van der Waals surface area (Å²) in [4.78, 5) is 4.85. The van der Waals surface area contributed by atoms with E-state index in [0.717, 1.165) is 60.0 Å². The van der Waals surface area contributed by atoms with E-state index < -0.39 is 0 Å². The fourth-order valence-corrected chi connectivity index (χ4v) is 4.64. The monoisotopic (exact) mass is 416 g/mol. The van der Waals surface area contributed by atoms with Crippen molar-refractivity contribution in [2.75, 3.05) is 31.1 Å². The van der Waals surface area contributed by atoms with E-state index in [9.17, 15) is 0 Å². The first-order valence-electron chi connectivity index (χ1n) is 9.53. The Kier molecular flexibility index (Phi) is 5.66. The lowest BCUT2D eigenvalue weighted by atomic mass is 10.1. The Morgan fingerprint density at radius 2 is 1.75 bits per heavy atom. The molecule has 1 fully saturated rings. The van der Waals surface area contributed by atoms with Crippen molar-refractivity contribution in [3.05, 3.63) is 56.8 Å². The minimum Gasteiger partial charge on any atom is -0.344 e. The van der Waals surface area contributed by atoms with E-state index >= 15 is 0 Å². The number of aryl methyl sites for hydroxylation is 2. The Morgan fingerprint density at radius 3 is 2.39 bits per heavy atom. The number of hydrogen-bond donors (Lipinski definition) is 0. The van der Waals surface area contributed by atoms with Gasteiger partial charge in [-0.05, 0) is 31.5 Å². The van der Waals surface area contributed by atoms with Crippen LogP contribution < -0.4 is 4.90 Å². The molecule has 3 aromatic rings. The van der Waals surface area contributed by atoms with Crippen LogP contribution in [0.4, 0.5) is 5.13 Å². The van der Waals surface area contributed by atoms with Crippen molar-refractivity contribution < 1.29 is 0 Å². The van der Waals surface area contributed by atoms with Crippen LogP contribution in [0.2, 0.25) is 5.02 Å². The smallest absolute Gasteiger partial charge is 0.208 e. The van der Waals surface area contributed by atoms with E-state index in [-0.39, 0.29) is 0 Å². The number of anilines is 1. The van der Waals surface area contributed by atoms with Gasteiger partial charge >= 0.3 is 0 Å². The predicted octanol–water partition coefficient (Wildman–Crippen LogP) is 3.45. The number of halogens is 1. The molecule has 0 N–H and O–H groups in total. The van der Waals surface area contributed by atoms with Crippen molar-refractivity contribution in [3.63, 3.8) is 0 Å². The molecule has 0 unspecified atom stereocenters. The fraction of sp³-hybridized carbons (Fsp3) is 0.450. The molecule has 0 bridgehead atoms. The molecule has 1 aliphatic rings. The summed E-state index contributed by atoms with van der Waals surface area (Å²) < 4.78 is 1.98. The maximum Gasteiger partial charge on any atom is 0.208 e. The van der Waals surface area contributed by atoms with Gasteiger partial charge in [-0.1, -0.05) is 35.1 Å². The number of nitrogens with zero attached hydrogens (tertiary/aromatic N) is 6. The van der Waals surface area contributed by atoms with Crippen molar-refractivity contribution >= 4 is 28.1 Å². The summed E-state index contributed by atoms with van der Waals surface area (Å²) in [5.74, 6) is 0. The van der Waals surface area contributed by atoms with Crippen LogP contribution in [0.3, 0.4) is 0 Å². The summed E-state index contributed by atoms with van der Waals surface area (Å²) in [6.07, 6.45) is 0.800. The molecule has 0 saturated carbocycles. The minimum atomic E-state index is 0.760. The lowest BCUT2D eigenvalue weighted by Gasteiger charge is -2.34. The molecule has 8 heteroatoms. The third-order valence-electron chi connectivity index (χ3n) is 5.41. The van der Waals surface area contributed by atoms with Crippen molar-refractivity contribution in [2.45, 2.75) is 26.8 Å². The zero-order chi connectivity index (χ0) is 19.7. The Hall–Kier alpha value is -1.96. The van der Waals surface area contributed by atoms with Crippen molar-refractivity contribution in [1.29, 1.82) is 0 Å². The Bertz CT molecular complexity index is 940. The Labute approximate surface area is 174 Å². The first-order chi connectivity index (χ1) is 13.5. The van der Waals surface area contributed by atoms with Gasteiger partial charge in [-0.3, -0.25) is 9.58 Å². The van der Waals surface area contributed by atoms with E-state index in [0.29, 0.717) is 0 Å². The van der Waals surface area contributed by atoms with Gasteiger partial charge in [0.15, 0.2) is 0 Å². The van der Waals surface area contributed by atoms with Gasteiger partial charge in [0.05, 0.1) is 5.69 Å². The second kappa shape index (κ2) is 8.19. The van der Waals surface area contributed by atoms with E-state index in [1.807, 2.05) is 36.0 Å². The van der Waals surface area contributed by atoms with Crippen LogP contribution in [-0.2, 0) is 20.0 Å². The van der Waals surface area contributed by atoms with Gasteiger partial charge in [-0.25, -0.2) is 0 Å². The third-order valence-corrected chi connectivity index (χ3v) is 6.64. The molecule has 0 atom stereocenters. The SMILES string of the molecule is Cc1nn(C)c(C)c1CN1CCN(c2nnc(Cc3ccc(Cl)cc3)s2)CC1. The number of rotatable bonds is 5. The molecule has 3 heterocycles. The van der Waals surface area contributed by atoms with Gasteiger partial charge < -0.3 is 4.90 Å². The van der Waals surface area contributed by atoms with Crippen LogP contribution in [0, 0.1) is 13.8 Å². The van der Waals surface area contributed by atoms with Gasteiger partial charge in [0.1, 0.15) is 5.01 Å². The molecular weight excluding hydrogens is 392 g/mol. The lowest BCUT2D eigenvalue weighted by Crippen LogP contribution is -2.46. The second-order valence-corrected chi connectivity index (χ2v) is 8.79. The summed E-state index contributed by atoms with van der Waals surface area (Å²) in [5.41, 5.74) is 4.96. The Morgan fingerprint density at radius 1 is 1.04 bits per heavy atom. The van der Waals surface area contributed by atoms with Crippen LogP contribution in [0.1, 0.15) is 27.5 Å². The molecule has 1 saturated heterocycles. The van der Waals surface area contributed by atoms with Crippen LogP contribution >= 0.6 is 22.9 Å². The van der Waals surface area contributed by atoms with Gasteiger partial charge in [0, 0.05) is 62.5 Å². The molecule has 1 aromatic carbocycles. The summed E-state index contributed by atoms with van der Waals surface area (Å²) in [5, 5.41) is 16.2. The number of aromatic nitrogens is 4. The second-order valence-electron chi connectivity index (χ2n) is 7.32. The molecule has 1 aliphatic heterocycles. The van der Waals surface area contributed by atoms with Gasteiger partial charge in [0.2, 0.25) is 5.13 Å². The van der Waals surface area contributed by atoms with Crippen LogP contribution in [0.5, 0.6) is 0 Å². The average Bonchev–Trinajstić information content (AvgIpc) is 3.24. The van der Waals surface area contributed by atoms with E-state index in [1.165, 1.54) is 16.8 Å². The standard InChI is InChI=1S/C20H25ClN6S/c1-14-18(15(2)25(3)24-14)13-26-8-10-27(11-9-26)20-23-22-19(28-20)12-16-4-6-17(21)7-5-16/h4-7H,8-13H2,1-3H3. The predicted molar refractivity (Wildman–Crippen MR) is 114 cm³/mol. The highest BCUT2D eigenvalue weighted by atomic mass is 35.5. The van der Waals surface area contributed by atoms with Gasteiger partial charge in [-0.2, -0.15) is 5.10 Å². The highest BCUT2D eigenvalue weighted by molar-refractivity contribution is 7.15. The topological polar surface area (TPSA) is 50.1 Å². The van der Waals surface area contributed by atoms with E-state index in [1.54, 1.807) is 11.3 Å². The highest BCUT2D eigenvalue weighted by Crippen LogP contribution is 2.25. The van der Waals surface area contributed by atoms with Gasteiger partial charge in [-0.15, -0.1) is 10.2 Å². The lowest BCUT2D eigenvalue weighted by molar-refractivity contribution is 0.248. The molecule has 4 rings (SSSR count). The number of piperazine rings is 1. The van der Waals surface area contributed by atoms with Crippen LogP contribution in [-0.4, -0.2) is 51.1 Å². The quantitative estimate of drug-likeness (QED) is 0.637. The first kappa shape index (κ1) is 19.4. The molecular formula is C20H25ClN6S. The zero-order valence-corrected chi connectivity index (χ0v) is 18.1. The molecule has 0 radical (unpaired) electrons. The molecule has 0 spiro atoms. The largest absolute Gasteiger partial charge is 0.344 e. The number of hydrogen-bond acceptors (Lipinski definition) is 6. The molecule has 2 aromatic heterocycles. The van der Waals surface area contributed by atoms with Crippen molar-refractivity contribution in [1.82, 2.24) is 24.9 Å².